The largest absolute Gasteiger partial charge is 0.298 e. The molecule has 0 aromatic heterocycles. The summed E-state index contributed by atoms with van der Waals surface area (Å²) in [5.41, 5.74) is 1.96. The standard InChI is InChI=1S/C10H16O/c1-5-6-10(8(2)3)9(4)7-11/h5-8H,1-4H3. The molecule has 0 spiro atoms. The van der Waals surface area contributed by atoms with Crippen LogP contribution in [0, 0.1) is 5.92 Å². The number of hydrogen-bond donors (Lipinski definition) is 0. The zero-order valence-electron chi connectivity index (χ0n) is 7.72. The topological polar surface area (TPSA) is 17.1 Å². The summed E-state index contributed by atoms with van der Waals surface area (Å²) in [4.78, 5) is 10.4. The van der Waals surface area contributed by atoms with Crippen LogP contribution in [-0.2, 0) is 4.79 Å². The van der Waals surface area contributed by atoms with Gasteiger partial charge in [-0.3, -0.25) is 4.79 Å². The second-order valence-corrected chi connectivity index (χ2v) is 2.91. The summed E-state index contributed by atoms with van der Waals surface area (Å²) in [6, 6.07) is 0. The zero-order valence-corrected chi connectivity index (χ0v) is 7.72. The van der Waals surface area contributed by atoms with Gasteiger partial charge >= 0.3 is 0 Å². The highest BCUT2D eigenvalue weighted by Crippen LogP contribution is 2.14. The average molecular weight is 152 g/mol. The van der Waals surface area contributed by atoms with Crippen LogP contribution in [0.5, 0.6) is 0 Å². The van der Waals surface area contributed by atoms with Crippen LogP contribution >= 0.6 is 0 Å². The molecule has 0 aromatic rings. The van der Waals surface area contributed by atoms with E-state index in [0.717, 1.165) is 17.4 Å². The Morgan fingerprint density at radius 3 is 2.18 bits per heavy atom. The molecule has 0 aromatic carbocycles. The van der Waals surface area contributed by atoms with Crippen LogP contribution < -0.4 is 0 Å². The van der Waals surface area contributed by atoms with Crippen molar-refractivity contribution in [1.29, 1.82) is 0 Å². The van der Waals surface area contributed by atoms with Crippen molar-refractivity contribution in [2.24, 2.45) is 5.92 Å². The second kappa shape index (κ2) is 4.89. The van der Waals surface area contributed by atoms with Crippen LogP contribution in [-0.4, -0.2) is 6.29 Å². The lowest BCUT2D eigenvalue weighted by atomic mass is 9.98. The van der Waals surface area contributed by atoms with E-state index in [0.29, 0.717) is 5.92 Å². The van der Waals surface area contributed by atoms with E-state index in [-0.39, 0.29) is 0 Å². The Balaban J connectivity index is 4.71. The van der Waals surface area contributed by atoms with Crippen molar-refractivity contribution < 1.29 is 4.79 Å². The molecule has 0 aliphatic carbocycles. The van der Waals surface area contributed by atoms with Gasteiger partial charge in [-0.1, -0.05) is 26.0 Å². The first-order chi connectivity index (χ1) is 5.13. The van der Waals surface area contributed by atoms with Gasteiger partial charge in [-0.2, -0.15) is 0 Å². The number of rotatable bonds is 3. The van der Waals surface area contributed by atoms with Gasteiger partial charge in [-0.25, -0.2) is 0 Å². The average Bonchev–Trinajstić information content (AvgIpc) is 1.98. The van der Waals surface area contributed by atoms with E-state index >= 15 is 0 Å². The smallest absolute Gasteiger partial charge is 0.146 e. The lowest BCUT2D eigenvalue weighted by Gasteiger charge is -2.07. The highest BCUT2D eigenvalue weighted by molar-refractivity contribution is 5.74. The van der Waals surface area contributed by atoms with E-state index in [9.17, 15) is 4.79 Å². The molecule has 0 heterocycles. The molecule has 0 radical (unpaired) electrons. The summed E-state index contributed by atoms with van der Waals surface area (Å²) in [6.45, 7) is 7.98. The normalized spacial score (nSPS) is 13.9. The van der Waals surface area contributed by atoms with Gasteiger partial charge in [0.2, 0.25) is 0 Å². The Kier molecular flexibility index (Phi) is 4.51. The highest BCUT2D eigenvalue weighted by Gasteiger charge is 2.01. The Hall–Kier alpha value is -0.850. The molecule has 0 aliphatic heterocycles. The predicted octanol–water partition coefficient (Wildman–Crippen LogP) is 2.73. The molecule has 1 nitrogen and oxygen atoms in total. The Morgan fingerprint density at radius 1 is 1.36 bits per heavy atom. The number of hydrogen-bond acceptors (Lipinski definition) is 1. The molecule has 11 heavy (non-hydrogen) atoms. The fourth-order valence-corrected chi connectivity index (χ4v) is 1.03. The van der Waals surface area contributed by atoms with Crippen molar-refractivity contribution in [3.63, 3.8) is 0 Å². The van der Waals surface area contributed by atoms with Gasteiger partial charge < -0.3 is 0 Å². The second-order valence-electron chi connectivity index (χ2n) is 2.91. The van der Waals surface area contributed by atoms with Crippen molar-refractivity contribution in [2.45, 2.75) is 27.7 Å². The van der Waals surface area contributed by atoms with Crippen LogP contribution in [0.25, 0.3) is 0 Å². The molecule has 0 saturated heterocycles. The molecule has 0 saturated carbocycles. The molecule has 0 aliphatic rings. The molecule has 0 unspecified atom stereocenters. The number of aldehydes is 1. The van der Waals surface area contributed by atoms with Crippen molar-refractivity contribution in [3.05, 3.63) is 23.3 Å². The predicted molar refractivity (Wildman–Crippen MR) is 48.4 cm³/mol. The summed E-state index contributed by atoms with van der Waals surface area (Å²) in [5, 5.41) is 0. The van der Waals surface area contributed by atoms with Crippen LogP contribution in [0.4, 0.5) is 0 Å². The molecule has 0 N–H and O–H groups in total. The number of carbonyl (C=O) groups is 1. The van der Waals surface area contributed by atoms with Gasteiger partial charge in [0.1, 0.15) is 6.29 Å². The van der Waals surface area contributed by atoms with Crippen LogP contribution in [0.15, 0.2) is 23.3 Å². The van der Waals surface area contributed by atoms with E-state index in [2.05, 4.69) is 13.8 Å². The van der Waals surface area contributed by atoms with Crippen LogP contribution in [0.1, 0.15) is 27.7 Å². The fraction of sp³-hybridized carbons (Fsp3) is 0.500. The molecule has 0 rings (SSSR count). The number of allylic oxidation sites excluding steroid dienone is 4. The maximum atomic E-state index is 10.4. The van der Waals surface area contributed by atoms with Gasteiger partial charge in [-0.05, 0) is 30.9 Å². The third-order valence-electron chi connectivity index (χ3n) is 1.60. The Morgan fingerprint density at radius 2 is 1.91 bits per heavy atom. The van der Waals surface area contributed by atoms with Gasteiger partial charge in [0.05, 0.1) is 0 Å². The maximum Gasteiger partial charge on any atom is 0.146 e. The summed E-state index contributed by atoms with van der Waals surface area (Å²) in [6.07, 6.45) is 4.87. The summed E-state index contributed by atoms with van der Waals surface area (Å²) < 4.78 is 0. The maximum absolute atomic E-state index is 10.4. The summed E-state index contributed by atoms with van der Waals surface area (Å²) in [7, 11) is 0. The molecular formula is C10H16O. The molecule has 0 fully saturated rings. The zero-order chi connectivity index (χ0) is 8.85. The Bertz CT molecular complexity index is 185. The van der Waals surface area contributed by atoms with E-state index in [4.69, 9.17) is 0 Å². The van der Waals surface area contributed by atoms with Gasteiger partial charge in [0, 0.05) is 0 Å². The van der Waals surface area contributed by atoms with Crippen LogP contribution in [0.2, 0.25) is 0 Å². The van der Waals surface area contributed by atoms with Crippen molar-refractivity contribution in [1.82, 2.24) is 0 Å². The minimum atomic E-state index is 0.427. The van der Waals surface area contributed by atoms with Crippen LogP contribution in [0.3, 0.4) is 0 Å². The first kappa shape index (κ1) is 10.2. The summed E-state index contributed by atoms with van der Waals surface area (Å²) >= 11 is 0. The van der Waals surface area contributed by atoms with Crippen molar-refractivity contribution >= 4 is 6.29 Å². The lowest BCUT2D eigenvalue weighted by molar-refractivity contribution is -0.104. The first-order valence-electron chi connectivity index (χ1n) is 3.92. The van der Waals surface area contributed by atoms with E-state index < -0.39 is 0 Å². The fourth-order valence-electron chi connectivity index (χ4n) is 1.03. The summed E-state index contributed by atoms with van der Waals surface area (Å²) in [5.74, 6) is 0.427. The third-order valence-corrected chi connectivity index (χ3v) is 1.60. The van der Waals surface area contributed by atoms with Gasteiger partial charge in [0.25, 0.3) is 0 Å². The molecule has 0 amide bonds. The third kappa shape index (κ3) is 3.17. The lowest BCUT2D eigenvalue weighted by Crippen LogP contribution is -1.95. The first-order valence-corrected chi connectivity index (χ1v) is 3.92. The molecule has 0 bridgehead atoms. The molecular weight excluding hydrogens is 136 g/mol. The minimum Gasteiger partial charge on any atom is -0.298 e. The minimum absolute atomic E-state index is 0.427. The van der Waals surface area contributed by atoms with E-state index in [1.807, 2.05) is 26.0 Å². The van der Waals surface area contributed by atoms with Crippen molar-refractivity contribution in [3.8, 4) is 0 Å². The Labute approximate surface area is 68.8 Å². The van der Waals surface area contributed by atoms with E-state index in [1.165, 1.54) is 0 Å². The number of carbonyl (C=O) groups excluding carboxylic acids is 1. The quantitative estimate of drug-likeness (QED) is 0.345. The van der Waals surface area contributed by atoms with E-state index in [1.54, 1.807) is 0 Å². The molecule has 0 atom stereocenters. The van der Waals surface area contributed by atoms with Gasteiger partial charge in [-0.15, -0.1) is 0 Å². The molecule has 62 valence electrons. The highest BCUT2D eigenvalue weighted by atomic mass is 16.1. The SMILES string of the molecule is CC=CC(=C(C)C=O)C(C)C. The van der Waals surface area contributed by atoms with Crippen molar-refractivity contribution in [2.75, 3.05) is 0 Å². The molecule has 1 heteroatoms. The monoisotopic (exact) mass is 152 g/mol. The van der Waals surface area contributed by atoms with Gasteiger partial charge in [0.15, 0.2) is 0 Å².